The zero-order valence-electron chi connectivity index (χ0n) is 11.7. The van der Waals surface area contributed by atoms with E-state index in [1.165, 1.54) is 0 Å². The Morgan fingerprint density at radius 1 is 1.50 bits per heavy atom. The topological polar surface area (TPSA) is 70.0 Å². The second kappa shape index (κ2) is 5.99. The lowest BCUT2D eigenvalue weighted by atomic mass is 9.90. The molecule has 1 aliphatic heterocycles. The number of rotatable bonds is 6. The fourth-order valence-electron chi connectivity index (χ4n) is 2.20. The molecule has 0 aromatic carbocycles. The molecule has 0 spiro atoms. The van der Waals surface area contributed by atoms with Crippen LogP contribution in [0.15, 0.2) is 0 Å². The van der Waals surface area contributed by atoms with Crippen LogP contribution in [0, 0.1) is 11.8 Å². The molecule has 1 aliphatic rings. The van der Waals surface area contributed by atoms with Crippen molar-refractivity contribution in [2.75, 3.05) is 26.3 Å². The maximum absolute atomic E-state index is 11.2. The Labute approximate surface area is 109 Å². The molecule has 1 fully saturated rings. The first-order chi connectivity index (χ1) is 8.29. The Morgan fingerprint density at radius 2 is 2.11 bits per heavy atom. The van der Waals surface area contributed by atoms with Crippen LogP contribution >= 0.6 is 0 Å². The number of aliphatic carboxylic acids is 1. The third-order valence-electron chi connectivity index (χ3n) is 4.01. The van der Waals surface area contributed by atoms with Gasteiger partial charge in [-0.25, -0.2) is 0 Å². The van der Waals surface area contributed by atoms with Gasteiger partial charge in [0.1, 0.15) is 0 Å². The van der Waals surface area contributed by atoms with Crippen LogP contribution in [0.4, 0.5) is 0 Å². The summed E-state index contributed by atoms with van der Waals surface area (Å²) in [6.45, 7) is 9.58. The van der Waals surface area contributed by atoms with Gasteiger partial charge in [0, 0.05) is 12.6 Å². The van der Waals surface area contributed by atoms with Crippen LogP contribution < -0.4 is 0 Å². The molecular formula is C13H25NO4. The summed E-state index contributed by atoms with van der Waals surface area (Å²) in [6.07, 6.45) is 0. The lowest BCUT2D eigenvalue weighted by molar-refractivity contribution is -0.143. The minimum atomic E-state index is -0.819. The number of ether oxygens (including phenoxy) is 1. The molecule has 1 saturated heterocycles. The summed E-state index contributed by atoms with van der Waals surface area (Å²) in [5.74, 6) is -1.19. The van der Waals surface area contributed by atoms with Crippen molar-refractivity contribution in [1.82, 2.24) is 4.90 Å². The fourth-order valence-corrected chi connectivity index (χ4v) is 2.20. The Morgan fingerprint density at radius 3 is 2.56 bits per heavy atom. The van der Waals surface area contributed by atoms with Crippen LogP contribution in [0.5, 0.6) is 0 Å². The van der Waals surface area contributed by atoms with Crippen molar-refractivity contribution in [3.05, 3.63) is 0 Å². The van der Waals surface area contributed by atoms with Crippen molar-refractivity contribution in [3.63, 3.8) is 0 Å². The van der Waals surface area contributed by atoms with Gasteiger partial charge >= 0.3 is 5.97 Å². The van der Waals surface area contributed by atoms with E-state index >= 15 is 0 Å². The van der Waals surface area contributed by atoms with Gasteiger partial charge in [0.15, 0.2) is 0 Å². The monoisotopic (exact) mass is 259 g/mol. The predicted octanol–water partition coefficient (Wildman–Crippen LogP) is 0.815. The average molecular weight is 259 g/mol. The number of nitrogens with zero attached hydrogens (tertiary/aromatic N) is 1. The number of aliphatic hydroxyl groups is 1. The second-order valence-corrected chi connectivity index (χ2v) is 5.62. The number of carboxylic acids is 1. The molecule has 1 rings (SSSR count). The third kappa shape index (κ3) is 3.43. The molecule has 0 saturated carbocycles. The lowest BCUT2D eigenvalue weighted by Crippen LogP contribution is -2.51. The molecule has 2 N–H and O–H groups in total. The van der Waals surface area contributed by atoms with E-state index in [1.807, 2.05) is 25.7 Å². The number of hydrogen-bond acceptors (Lipinski definition) is 4. The summed E-state index contributed by atoms with van der Waals surface area (Å²) in [4.78, 5) is 13.2. The molecule has 0 bridgehead atoms. The SMILES string of the molecule is CCN(CC(C)(O)C(C)C)C1COCC1C(=O)O. The minimum absolute atomic E-state index is 0.122. The van der Waals surface area contributed by atoms with E-state index in [1.54, 1.807) is 6.92 Å². The molecule has 0 aromatic rings. The molecule has 0 radical (unpaired) electrons. The first-order valence-corrected chi connectivity index (χ1v) is 6.56. The van der Waals surface area contributed by atoms with Crippen molar-refractivity contribution < 1.29 is 19.7 Å². The fraction of sp³-hybridized carbons (Fsp3) is 0.923. The van der Waals surface area contributed by atoms with Gasteiger partial charge in [0.2, 0.25) is 0 Å². The van der Waals surface area contributed by atoms with Crippen molar-refractivity contribution in [1.29, 1.82) is 0 Å². The van der Waals surface area contributed by atoms with E-state index in [9.17, 15) is 9.90 Å². The van der Waals surface area contributed by atoms with Crippen LogP contribution in [0.2, 0.25) is 0 Å². The van der Waals surface area contributed by atoms with E-state index in [2.05, 4.69) is 0 Å². The Hall–Kier alpha value is -0.650. The Balaban J connectivity index is 2.74. The molecule has 3 atom stereocenters. The molecule has 5 heteroatoms. The van der Waals surface area contributed by atoms with Gasteiger partial charge in [-0.15, -0.1) is 0 Å². The highest BCUT2D eigenvalue weighted by Crippen LogP contribution is 2.24. The van der Waals surface area contributed by atoms with Gasteiger partial charge in [-0.05, 0) is 19.4 Å². The zero-order valence-corrected chi connectivity index (χ0v) is 11.7. The van der Waals surface area contributed by atoms with E-state index in [0.717, 1.165) is 0 Å². The van der Waals surface area contributed by atoms with Crippen molar-refractivity contribution in [3.8, 4) is 0 Å². The van der Waals surface area contributed by atoms with E-state index in [4.69, 9.17) is 9.84 Å². The first-order valence-electron chi connectivity index (χ1n) is 6.56. The summed E-state index contributed by atoms with van der Waals surface area (Å²) in [6, 6.07) is -0.141. The second-order valence-electron chi connectivity index (χ2n) is 5.62. The van der Waals surface area contributed by atoms with Crippen LogP contribution in [-0.2, 0) is 9.53 Å². The van der Waals surface area contributed by atoms with Gasteiger partial charge in [-0.2, -0.15) is 0 Å². The van der Waals surface area contributed by atoms with Crippen LogP contribution in [-0.4, -0.2) is 59.0 Å². The summed E-state index contributed by atoms with van der Waals surface area (Å²) in [5, 5.41) is 19.5. The van der Waals surface area contributed by atoms with Crippen molar-refractivity contribution >= 4 is 5.97 Å². The normalized spacial score (nSPS) is 27.7. The first kappa shape index (κ1) is 15.4. The summed E-state index contributed by atoms with van der Waals surface area (Å²) in [5.41, 5.74) is -0.818. The van der Waals surface area contributed by atoms with Crippen LogP contribution in [0.1, 0.15) is 27.7 Å². The molecule has 18 heavy (non-hydrogen) atoms. The largest absolute Gasteiger partial charge is 0.481 e. The molecule has 1 heterocycles. The van der Waals surface area contributed by atoms with Crippen molar-refractivity contribution in [2.24, 2.45) is 11.8 Å². The Bertz CT molecular complexity index is 291. The van der Waals surface area contributed by atoms with Crippen LogP contribution in [0.25, 0.3) is 0 Å². The van der Waals surface area contributed by atoms with Gasteiger partial charge in [-0.3, -0.25) is 9.69 Å². The highest BCUT2D eigenvalue weighted by molar-refractivity contribution is 5.71. The number of likely N-dealkylation sites (N-methyl/N-ethyl adjacent to an activating group) is 1. The molecule has 0 aliphatic carbocycles. The summed E-state index contributed by atoms with van der Waals surface area (Å²) in [7, 11) is 0. The summed E-state index contributed by atoms with van der Waals surface area (Å²) < 4.78 is 5.28. The number of carbonyl (C=O) groups is 1. The maximum Gasteiger partial charge on any atom is 0.310 e. The molecule has 3 unspecified atom stereocenters. The molecular weight excluding hydrogens is 234 g/mol. The predicted molar refractivity (Wildman–Crippen MR) is 68.4 cm³/mol. The lowest BCUT2D eigenvalue weighted by Gasteiger charge is -2.37. The quantitative estimate of drug-likeness (QED) is 0.739. The van der Waals surface area contributed by atoms with Crippen molar-refractivity contribution in [2.45, 2.75) is 39.3 Å². The standard InChI is InChI=1S/C13H25NO4/c1-5-14(8-13(4,17)9(2)3)11-7-18-6-10(11)12(15)16/h9-11,17H,5-8H2,1-4H3,(H,15,16). The smallest absolute Gasteiger partial charge is 0.310 e. The molecule has 0 aromatic heterocycles. The van der Waals surface area contributed by atoms with Gasteiger partial charge in [0.05, 0.1) is 24.7 Å². The Kier molecular flexibility index (Phi) is 5.13. The highest BCUT2D eigenvalue weighted by Gasteiger charge is 2.40. The zero-order chi connectivity index (χ0) is 13.9. The van der Waals surface area contributed by atoms with Gasteiger partial charge < -0.3 is 14.9 Å². The maximum atomic E-state index is 11.2. The number of carboxylic acid groups (broad SMARTS) is 1. The third-order valence-corrected chi connectivity index (χ3v) is 4.01. The highest BCUT2D eigenvalue weighted by atomic mass is 16.5. The number of hydrogen-bond donors (Lipinski definition) is 2. The molecule has 106 valence electrons. The molecule has 0 amide bonds. The van der Waals surface area contributed by atoms with Gasteiger partial charge in [0.25, 0.3) is 0 Å². The minimum Gasteiger partial charge on any atom is -0.481 e. The van der Waals surface area contributed by atoms with E-state index < -0.39 is 17.5 Å². The molecule has 5 nitrogen and oxygen atoms in total. The van der Waals surface area contributed by atoms with Crippen LogP contribution in [0.3, 0.4) is 0 Å². The van der Waals surface area contributed by atoms with Gasteiger partial charge in [-0.1, -0.05) is 20.8 Å². The van der Waals surface area contributed by atoms with E-state index in [0.29, 0.717) is 19.7 Å². The average Bonchev–Trinajstić information content (AvgIpc) is 2.74. The van der Waals surface area contributed by atoms with E-state index in [-0.39, 0.29) is 18.6 Å². The summed E-state index contributed by atoms with van der Waals surface area (Å²) >= 11 is 0.